The van der Waals surface area contributed by atoms with Crippen molar-refractivity contribution >= 4 is 11.6 Å². The number of nitrogens with one attached hydrogen (secondary N) is 2. The molecule has 1 aliphatic carbocycles. The Balaban J connectivity index is 1.74. The molecule has 8 nitrogen and oxygen atoms in total. The molecular weight excluding hydrogens is 418 g/mol. The molecule has 0 unspecified atom stereocenters. The van der Waals surface area contributed by atoms with Crippen molar-refractivity contribution in [2.24, 2.45) is 23.2 Å². The van der Waals surface area contributed by atoms with Crippen LogP contribution < -0.4 is 20.9 Å². The molecule has 2 heterocycles. The van der Waals surface area contributed by atoms with Crippen molar-refractivity contribution < 1.29 is 9.53 Å². The maximum Gasteiger partial charge on any atom is 0.269 e. The largest absolute Gasteiger partial charge is 0.475 e. The maximum absolute atomic E-state index is 12.8. The van der Waals surface area contributed by atoms with Crippen molar-refractivity contribution in [1.82, 2.24) is 20.1 Å². The molecule has 2 N–H and O–H groups in total. The number of pyridine rings is 1. The highest BCUT2D eigenvalue weighted by Gasteiger charge is 2.43. The van der Waals surface area contributed by atoms with Crippen molar-refractivity contribution in [3.8, 4) is 5.88 Å². The number of carbonyl (C=O) groups excluding carboxylic acids is 1. The molecule has 4 atom stereocenters. The molecule has 0 bridgehead atoms. The Hall–Kier alpha value is -2.90. The molecule has 180 valence electrons. The molecule has 8 heteroatoms. The van der Waals surface area contributed by atoms with E-state index in [0.29, 0.717) is 42.5 Å². The molecule has 1 fully saturated rings. The SMILES string of the molecule is CCOc1nn(CC(=O)NCc2ccncc2)c(=O)cc1N[C@@H]1C[C@H](C)C(C)(C)[C@H](C)[C@H]1C. The summed E-state index contributed by atoms with van der Waals surface area (Å²) in [6.45, 7) is 14.0. The van der Waals surface area contributed by atoms with E-state index in [1.54, 1.807) is 12.4 Å². The Labute approximate surface area is 196 Å². The summed E-state index contributed by atoms with van der Waals surface area (Å²) >= 11 is 0. The molecule has 2 aromatic rings. The number of rotatable bonds is 8. The lowest BCUT2D eigenvalue weighted by Crippen LogP contribution is -2.48. The molecule has 0 spiro atoms. The number of aromatic nitrogens is 3. The van der Waals surface area contributed by atoms with E-state index in [2.05, 4.69) is 55.3 Å². The first-order valence-electron chi connectivity index (χ1n) is 11.8. The van der Waals surface area contributed by atoms with Gasteiger partial charge in [-0.3, -0.25) is 14.6 Å². The molecule has 1 saturated carbocycles. The van der Waals surface area contributed by atoms with Crippen LogP contribution in [0.3, 0.4) is 0 Å². The Bertz CT molecular complexity index is 1000. The maximum atomic E-state index is 12.8. The first-order chi connectivity index (χ1) is 15.6. The normalized spacial score (nSPS) is 24.2. The average molecular weight is 456 g/mol. The minimum atomic E-state index is -0.343. The summed E-state index contributed by atoms with van der Waals surface area (Å²) in [6.07, 6.45) is 4.34. The van der Waals surface area contributed by atoms with E-state index in [0.717, 1.165) is 16.7 Å². The molecular formula is C25H37N5O3. The third-order valence-corrected chi connectivity index (χ3v) is 7.59. The van der Waals surface area contributed by atoms with Crippen LogP contribution in [0.1, 0.15) is 53.5 Å². The van der Waals surface area contributed by atoms with Crippen molar-refractivity contribution in [2.75, 3.05) is 11.9 Å². The summed E-state index contributed by atoms with van der Waals surface area (Å²) in [5, 5.41) is 10.7. The van der Waals surface area contributed by atoms with Crippen LogP contribution >= 0.6 is 0 Å². The highest BCUT2D eigenvalue weighted by Crippen LogP contribution is 2.48. The lowest BCUT2D eigenvalue weighted by atomic mass is 9.58. The lowest BCUT2D eigenvalue weighted by Gasteiger charge is -2.50. The lowest BCUT2D eigenvalue weighted by molar-refractivity contribution is -0.122. The zero-order chi connectivity index (χ0) is 24.2. The standard InChI is InChI=1S/C25H37N5O3/c1-7-33-24-21(28-20-12-16(2)25(5,6)18(4)17(20)3)13-23(32)30(29-24)15-22(31)27-14-19-8-10-26-11-9-19/h8-11,13,16-18,20,28H,7,12,14-15H2,1-6H3,(H,27,31)/t16-,17+,18+,20+/m0/s1. The summed E-state index contributed by atoms with van der Waals surface area (Å²) in [6, 6.07) is 5.36. The second kappa shape index (κ2) is 10.4. The second-order valence-electron chi connectivity index (χ2n) is 9.78. The number of ether oxygens (including phenoxy) is 1. The molecule has 0 aromatic carbocycles. The Morgan fingerprint density at radius 3 is 2.61 bits per heavy atom. The van der Waals surface area contributed by atoms with Crippen LogP contribution in [0.15, 0.2) is 35.4 Å². The third-order valence-electron chi connectivity index (χ3n) is 7.59. The van der Waals surface area contributed by atoms with E-state index >= 15 is 0 Å². The smallest absolute Gasteiger partial charge is 0.269 e. The monoisotopic (exact) mass is 455 g/mol. The summed E-state index contributed by atoms with van der Waals surface area (Å²) in [7, 11) is 0. The van der Waals surface area contributed by atoms with Crippen LogP contribution in [-0.4, -0.2) is 33.3 Å². The van der Waals surface area contributed by atoms with E-state index in [9.17, 15) is 9.59 Å². The molecule has 0 radical (unpaired) electrons. The van der Waals surface area contributed by atoms with Gasteiger partial charge in [-0.15, -0.1) is 5.10 Å². The van der Waals surface area contributed by atoms with Crippen LogP contribution in [0, 0.1) is 23.2 Å². The average Bonchev–Trinajstić information content (AvgIpc) is 2.78. The number of hydrogen-bond acceptors (Lipinski definition) is 6. The van der Waals surface area contributed by atoms with Crippen molar-refractivity contribution in [3.63, 3.8) is 0 Å². The van der Waals surface area contributed by atoms with Crippen molar-refractivity contribution in [2.45, 2.75) is 67.1 Å². The molecule has 2 aromatic heterocycles. The molecule has 1 aliphatic rings. The number of nitrogens with zero attached hydrogens (tertiary/aromatic N) is 3. The van der Waals surface area contributed by atoms with Crippen LogP contribution in [0.4, 0.5) is 5.69 Å². The molecule has 0 saturated heterocycles. The quantitative estimate of drug-likeness (QED) is 0.632. The molecule has 33 heavy (non-hydrogen) atoms. The van der Waals surface area contributed by atoms with E-state index in [4.69, 9.17) is 4.74 Å². The van der Waals surface area contributed by atoms with Crippen LogP contribution in [0.25, 0.3) is 0 Å². The van der Waals surface area contributed by atoms with Gasteiger partial charge in [0.2, 0.25) is 5.91 Å². The van der Waals surface area contributed by atoms with Gasteiger partial charge in [0, 0.05) is 31.0 Å². The van der Waals surface area contributed by atoms with Gasteiger partial charge in [-0.1, -0.05) is 34.6 Å². The van der Waals surface area contributed by atoms with Gasteiger partial charge in [-0.25, -0.2) is 4.68 Å². The topological polar surface area (TPSA) is 98.1 Å². The minimum Gasteiger partial charge on any atom is -0.475 e. The van der Waals surface area contributed by atoms with Gasteiger partial charge in [0.25, 0.3) is 11.4 Å². The summed E-state index contributed by atoms with van der Waals surface area (Å²) < 4.78 is 6.89. The Kier molecular flexibility index (Phi) is 7.76. The van der Waals surface area contributed by atoms with Gasteiger partial charge >= 0.3 is 0 Å². The minimum absolute atomic E-state index is 0.174. The van der Waals surface area contributed by atoms with Crippen molar-refractivity contribution in [3.05, 3.63) is 46.5 Å². The van der Waals surface area contributed by atoms with E-state index < -0.39 is 0 Å². The fourth-order valence-electron chi connectivity index (χ4n) is 4.59. The van der Waals surface area contributed by atoms with Crippen molar-refractivity contribution in [1.29, 1.82) is 0 Å². The molecule has 3 rings (SSSR count). The second-order valence-corrected chi connectivity index (χ2v) is 9.78. The predicted molar refractivity (Wildman–Crippen MR) is 129 cm³/mol. The van der Waals surface area contributed by atoms with E-state index in [1.165, 1.54) is 6.07 Å². The number of carbonyl (C=O) groups is 1. The highest BCUT2D eigenvalue weighted by molar-refractivity contribution is 5.75. The van der Waals surface area contributed by atoms with Gasteiger partial charge < -0.3 is 15.4 Å². The zero-order valence-corrected chi connectivity index (χ0v) is 20.6. The van der Waals surface area contributed by atoms with Gasteiger partial charge in [-0.2, -0.15) is 0 Å². The molecule has 0 aliphatic heterocycles. The summed E-state index contributed by atoms with van der Waals surface area (Å²) in [5.41, 5.74) is 1.43. The van der Waals surface area contributed by atoms with Gasteiger partial charge in [0.15, 0.2) is 0 Å². The summed E-state index contributed by atoms with van der Waals surface area (Å²) in [5.74, 6) is 1.53. The Morgan fingerprint density at radius 1 is 1.24 bits per heavy atom. The highest BCUT2D eigenvalue weighted by atomic mass is 16.5. The van der Waals surface area contributed by atoms with Crippen LogP contribution in [-0.2, 0) is 17.9 Å². The first-order valence-corrected chi connectivity index (χ1v) is 11.8. The fraction of sp³-hybridized carbons (Fsp3) is 0.600. The number of amides is 1. The number of hydrogen-bond donors (Lipinski definition) is 2. The van der Waals surface area contributed by atoms with E-state index in [1.807, 2.05) is 19.1 Å². The van der Waals surface area contributed by atoms with Gasteiger partial charge in [0.1, 0.15) is 12.2 Å². The van der Waals surface area contributed by atoms with Gasteiger partial charge in [0.05, 0.1) is 6.61 Å². The number of anilines is 1. The molecule has 1 amide bonds. The Morgan fingerprint density at radius 2 is 1.94 bits per heavy atom. The predicted octanol–water partition coefficient (Wildman–Crippen LogP) is 3.47. The first kappa shape index (κ1) is 24.7. The van der Waals surface area contributed by atoms with Gasteiger partial charge in [-0.05, 0) is 54.2 Å². The zero-order valence-electron chi connectivity index (χ0n) is 20.6. The van der Waals surface area contributed by atoms with Crippen LogP contribution in [0.2, 0.25) is 0 Å². The fourth-order valence-corrected chi connectivity index (χ4v) is 4.59. The summed E-state index contributed by atoms with van der Waals surface area (Å²) in [4.78, 5) is 29.1. The van der Waals surface area contributed by atoms with Crippen LogP contribution in [0.5, 0.6) is 5.88 Å². The van der Waals surface area contributed by atoms with E-state index in [-0.39, 0.29) is 29.5 Å². The third kappa shape index (κ3) is 5.72.